The molecule has 2 aromatic carbocycles. The molecule has 0 bridgehead atoms. The Kier molecular flexibility index (Phi) is 3.92. The fourth-order valence-electron chi connectivity index (χ4n) is 1.89. The van der Waals surface area contributed by atoms with E-state index >= 15 is 0 Å². The van der Waals surface area contributed by atoms with Crippen molar-refractivity contribution in [1.29, 1.82) is 0 Å². The van der Waals surface area contributed by atoms with Crippen LogP contribution in [0.5, 0.6) is 0 Å². The fourth-order valence-corrected chi connectivity index (χ4v) is 3.31. The van der Waals surface area contributed by atoms with Gasteiger partial charge >= 0.3 is 0 Å². The molecule has 0 aromatic heterocycles. The van der Waals surface area contributed by atoms with Gasteiger partial charge in [0.05, 0.1) is 21.3 Å². The Morgan fingerprint density at radius 1 is 1.05 bits per heavy atom. The normalized spacial score (nSPS) is 11.3. The second kappa shape index (κ2) is 5.34. The van der Waals surface area contributed by atoms with E-state index in [1.165, 1.54) is 6.07 Å². The average Bonchev–Trinajstić information content (AvgIpc) is 2.32. The largest absolute Gasteiger partial charge is 0.398 e. The van der Waals surface area contributed by atoms with E-state index in [9.17, 15) is 8.42 Å². The highest BCUT2D eigenvalue weighted by atomic mass is 35.5. The van der Waals surface area contributed by atoms with Crippen molar-refractivity contribution >= 4 is 33.0 Å². The zero-order valence-electron chi connectivity index (χ0n) is 11.1. The lowest BCUT2D eigenvalue weighted by Gasteiger charge is -2.10. The molecular formula is C14H15ClN2O2S. The highest BCUT2D eigenvalue weighted by Gasteiger charge is 2.15. The molecule has 0 unspecified atom stereocenters. The van der Waals surface area contributed by atoms with Gasteiger partial charge < -0.3 is 5.73 Å². The minimum atomic E-state index is -3.64. The lowest BCUT2D eigenvalue weighted by atomic mass is 10.2. The monoisotopic (exact) mass is 310 g/mol. The van der Waals surface area contributed by atoms with Crippen molar-refractivity contribution < 1.29 is 8.42 Å². The second-order valence-electron chi connectivity index (χ2n) is 4.67. The Labute approximate surface area is 123 Å². The summed E-state index contributed by atoms with van der Waals surface area (Å²) in [5.74, 6) is 0. The Hall–Kier alpha value is -1.72. The summed E-state index contributed by atoms with van der Waals surface area (Å²) in [4.78, 5) is 0.225. The summed E-state index contributed by atoms with van der Waals surface area (Å²) in [5, 5.41) is 0.311. The molecule has 0 fully saturated rings. The zero-order chi connectivity index (χ0) is 14.9. The number of nitrogens with one attached hydrogen (secondary N) is 1. The molecule has 2 rings (SSSR count). The molecule has 0 atom stereocenters. The highest BCUT2D eigenvalue weighted by Crippen LogP contribution is 2.25. The molecule has 0 saturated carbocycles. The third kappa shape index (κ3) is 3.23. The van der Waals surface area contributed by atoms with E-state index in [-0.39, 0.29) is 4.90 Å². The maximum Gasteiger partial charge on any atom is 0.261 e. The molecule has 106 valence electrons. The van der Waals surface area contributed by atoms with E-state index in [4.69, 9.17) is 17.3 Å². The van der Waals surface area contributed by atoms with Crippen molar-refractivity contribution in [3.05, 3.63) is 52.5 Å². The Morgan fingerprint density at radius 3 is 2.20 bits per heavy atom. The molecule has 0 spiro atoms. The van der Waals surface area contributed by atoms with Gasteiger partial charge in [0, 0.05) is 0 Å². The molecule has 3 N–H and O–H groups in total. The first-order chi connectivity index (χ1) is 9.28. The minimum Gasteiger partial charge on any atom is -0.398 e. The van der Waals surface area contributed by atoms with Gasteiger partial charge in [-0.1, -0.05) is 17.7 Å². The fraction of sp³-hybridized carbons (Fsp3) is 0.143. The molecule has 6 heteroatoms. The Bertz CT molecular complexity index is 738. The molecule has 0 aliphatic heterocycles. The van der Waals surface area contributed by atoms with Gasteiger partial charge in [-0.05, 0) is 55.3 Å². The lowest BCUT2D eigenvalue weighted by Crippen LogP contribution is -2.13. The van der Waals surface area contributed by atoms with E-state index in [0.29, 0.717) is 16.4 Å². The van der Waals surface area contributed by atoms with Crippen molar-refractivity contribution in [2.45, 2.75) is 18.7 Å². The number of hydrogen-bond acceptors (Lipinski definition) is 3. The van der Waals surface area contributed by atoms with Gasteiger partial charge in [0.2, 0.25) is 0 Å². The van der Waals surface area contributed by atoms with Crippen molar-refractivity contribution in [1.82, 2.24) is 0 Å². The van der Waals surface area contributed by atoms with Gasteiger partial charge in [0.1, 0.15) is 0 Å². The van der Waals surface area contributed by atoms with Crippen LogP contribution in [0, 0.1) is 13.8 Å². The van der Waals surface area contributed by atoms with Gasteiger partial charge in [-0.15, -0.1) is 0 Å². The number of nitrogens with two attached hydrogens (primary N) is 1. The number of halogens is 1. The van der Waals surface area contributed by atoms with Crippen LogP contribution in [-0.4, -0.2) is 8.42 Å². The van der Waals surface area contributed by atoms with Crippen LogP contribution in [0.15, 0.2) is 41.3 Å². The summed E-state index contributed by atoms with van der Waals surface area (Å²) < 4.78 is 27.1. The summed E-state index contributed by atoms with van der Waals surface area (Å²) in [5.41, 5.74) is 8.16. The van der Waals surface area contributed by atoms with E-state index in [1.54, 1.807) is 24.3 Å². The molecule has 0 amide bonds. The number of nitrogen functional groups attached to an aromatic ring is 1. The first kappa shape index (κ1) is 14.7. The van der Waals surface area contributed by atoms with Crippen LogP contribution in [0.3, 0.4) is 0 Å². The predicted molar refractivity (Wildman–Crippen MR) is 82.6 cm³/mol. The van der Waals surface area contributed by atoms with Crippen LogP contribution < -0.4 is 10.5 Å². The molecular weight excluding hydrogens is 296 g/mol. The number of anilines is 2. The van der Waals surface area contributed by atoms with Crippen LogP contribution in [0.25, 0.3) is 0 Å². The lowest BCUT2D eigenvalue weighted by molar-refractivity contribution is 0.601. The molecule has 0 saturated heterocycles. The predicted octanol–water partition coefficient (Wildman–Crippen LogP) is 3.34. The van der Waals surface area contributed by atoms with E-state index in [1.807, 2.05) is 19.9 Å². The molecule has 2 aromatic rings. The number of benzene rings is 2. The van der Waals surface area contributed by atoms with Gasteiger partial charge in [-0.3, -0.25) is 4.72 Å². The number of hydrogen-bond donors (Lipinski definition) is 2. The number of sulfonamides is 1. The van der Waals surface area contributed by atoms with Crippen molar-refractivity contribution in [2.24, 2.45) is 0 Å². The molecule has 0 heterocycles. The molecule has 4 nitrogen and oxygen atoms in total. The van der Waals surface area contributed by atoms with Crippen molar-refractivity contribution in [3.8, 4) is 0 Å². The summed E-state index contributed by atoms with van der Waals surface area (Å²) >= 11 is 5.88. The number of aryl methyl sites for hydroxylation is 2. The van der Waals surface area contributed by atoms with Crippen LogP contribution >= 0.6 is 11.6 Å². The third-order valence-corrected chi connectivity index (χ3v) is 4.45. The minimum absolute atomic E-state index is 0.225. The smallest absolute Gasteiger partial charge is 0.261 e. The van der Waals surface area contributed by atoms with Crippen LogP contribution in [0.1, 0.15) is 11.1 Å². The summed E-state index contributed by atoms with van der Waals surface area (Å²) in [7, 11) is -3.64. The van der Waals surface area contributed by atoms with Crippen LogP contribution in [-0.2, 0) is 10.0 Å². The summed E-state index contributed by atoms with van der Waals surface area (Å²) in [6.07, 6.45) is 0. The second-order valence-corrected chi connectivity index (χ2v) is 6.75. The van der Waals surface area contributed by atoms with E-state index < -0.39 is 10.0 Å². The van der Waals surface area contributed by atoms with Gasteiger partial charge in [0.25, 0.3) is 10.0 Å². The topological polar surface area (TPSA) is 72.2 Å². The zero-order valence-corrected chi connectivity index (χ0v) is 12.7. The average molecular weight is 311 g/mol. The van der Waals surface area contributed by atoms with Gasteiger partial charge in [0.15, 0.2) is 0 Å². The molecule has 0 aliphatic rings. The van der Waals surface area contributed by atoms with Gasteiger partial charge in [-0.2, -0.15) is 0 Å². The maximum absolute atomic E-state index is 12.3. The van der Waals surface area contributed by atoms with Crippen molar-refractivity contribution in [2.75, 3.05) is 10.5 Å². The summed E-state index contributed by atoms with van der Waals surface area (Å²) in [6.45, 7) is 3.71. The Morgan fingerprint density at radius 2 is 1.65 bits per heavy atom. The molecule has 0 radical (unpaired) electrons. The molecule has 0 aliphatic carbocycles. The number of rotatable bonds is 3. The molecule has 20 heavy (non-hydrogen) atoms. The standard InChI is InChI=1S/C14H15ClN2O2S/c1-9-5-10(2)7-12(6-9)20(18,19)17-11-3-4-14(16)13(15)8-11/h3-8,17H,16H2,1-2H3. The van der Waals surface area contributed by atoms with Gasteiger partial charge in [-0.25, -0.2) is 8.42 Å². The maximum atomic E-state index is 12.3. The SMILES string of the molecule is Cc1cc(C)cc(S(=O)(=O)Nc2ccc(N)c(Cl)c2)c1. The van der Waals surface area contributed by atoms with E-state index in [2.05, 4.69) is 4.72 Å². The van der Waals surface area contributed by atoms with Crippen LogP contribution in [0.2, 0.25) is 5.02 Å². The summed E-state index contributed by atoms with van der Waals surface area (Å²) in [6, 6.07) is 9.77. The van der Waals surface area contributed by atoms with Crippen LogP contribution in [0.4, 0.5) is 11.4 Å². The Balaban J connectivity index is 2.37. The first-order valence-corrected chi connectivity index (χ1v) is 7.80. The van der Waals surface area contributed by atoms with Crippen molar-refractivity contribution in [3.63, 3.8) is 0 Å². The van der Waals surface area contributed by atoms with E-state index in [0.717, 1.165) is 11.1 Å². The highest BCUT2D eigenvalue weighted by molar-refractivity contribution is 7.92. The first-order valence-electron chi connectivity index (χ1n) is 5.94. The third-order valence-electron chi connectivity index (χ3n) is 2.76. The quantitative estimate of drug-likeness (QED) is 0.854.